The van der Waals surface area contributed by atoms with Gasteiger partial charge >= 0.3 is 5.97 Å². The standard InChI is InChI=1S/C12H12N2O5S2/c15-9-3-1-8(2-4-9)5-6-14-21(18,19)12-10(11(16)17)13-7-20-12/h1-4,7,14-15H,5-6H2,(H,16,17). The van der Waals surface area contributed by atoms with Crippen LogP contribution in [0.5, 0.6) is 5.75 Å². The first-order valence-electron chi connectivity index (χ1n) is 5.84. The van der Waals surface area contributed by atoms with E-state index >= 15 is 0 Å². The Balaban J connectivity index is 2.03. The van der Waals surface area contributed by atoms with Crippen LogP contribution in [0.25, 0.3) is 0 Å². The molecule has 2 aromatic rings. The topological polar surface area (TPSA) is 117 Å². The van der Waals surface area contributed by atoms with Crippen molar-refractivity contribution in [2.45, 2.75) is 10.6 Å². The van der Waals surface area contributed by atoms with Crippen molar-refractivity contribution in [2.24, 2.45) is 0 Å². The van der Waals surface area contributed by atoms with Gasteiger partial charge in [0.05, 0.1) is 5.51 Å². The minimum Gasteiger partial charge on any atom is -0.508 e. The van der Waals surface area contributed by atoms with Crippen molar-refractivity contribution in [3.63, 3.8) is 0 Å². The van der Waals surface area contributed by atoms with E-state index < -0.39 is 21.7 Å². The Bertz CT molecular complexity index is 737. The first-order chi connectivity index (χ1) is 9.90. The van der Waals surface area contributed by atoms with Crippen molar-refractivity contribution in [2.75, 3.05) is 6.54 Å². The zero-order chi connectivity index (χ0) is 15.5. The number of carboxylic acids is 1. The number of phenolic OH excluding ortho intramolecular Hbond substituents is 1. The minimum atomic E-state index is -3.90. The molecule has 112 valence electrons. The number of rotatable bonds is 6. The number of carbonyl (C=O) groups is 1. The monoisotopic (exact) mass is 328 g/mol. The molecule has 21 heavy (non-hydrogen) atoms. The van der Waals surface area contributed by atoms with E-state index in [1.807, 2.05) is 0 Å². The SMILES string of the molecule is O=C(O)c1ncsc1S(=O)(=O)NCCc1ccc(O)cc1. The van der Waals surface area contributed by atoms with Gasteiger partial charge in [-0.15, -0.1) is 11.3 Å². The van der Waals surface area contributed by atoms with Crippen LogP contribution in [-0.4, -0.2) is 36.1 Å². The summed E-state index contributed by atoms with van der Waals surface area (Å²) < 4.78 is 26.1. The van der Waals surface area contributed by atoms with Crippen LogP contribution >= 0.6 is 11.3 Å². The molecule has 0 aliphatic heterocycles. The summed E-state index contributed by atoms with van der Waals surface area (Å²) in [5, 5.41) is 18.0. The molecule has 7 nitrogen and oxygen atoms in total. The predicted octanol–water partition coefficient (Wildman–Crippen LogP) is 1.07. The highest BCUT2D eigenvalue weighted by atomic mass is 32.2. The molecule has 1 aromatic carbocycles. The lowest BCUT2D eigenvalue weighted by atomic mass is 10.1. The fourth-order valence-electron chi connectivity index (χ4n) is 1.63. The molecule has 0 bridgehead atoms. The molecule has 2 rings (SSSR count). The number of phenols is 1. The van der Waals surface area contributed by atoms with Crippen LogP contribution in [0, 0.1) is 0 Å². The molecule has 9 heteroatoms. The average molecular weight is 328 g/mol. The third kappa shape index (κ3) is 3.78. The van der Waals surface area contributed by atoms with E-state index in [1.165, 1.54) is 17.6 Å². The van der Waals surface area contributed by atoms with E-state index in [9.17, 15) is 13.2 Å². The van der Waals surface area contributed by atoms with Gasteiger partial charge in [-0.2, -0.15) is 0 Å². The van der Waals surface area contributed by atoms with Crippen LogP contribution in [0.4, 0.5) is 0 Å². The van der Waals surface area contributed by atoms with Gasteiger partial charge < -0.3 is 10.2 Å². The number of nitrogens with one attached hydrogen (secondary N) is 1. The van der Waals surface area contributed by atoms with Gasteiger partial charge in [0.25, 0.3) is 10.0 Å². The van der Waals surface area contributed by atoms with Crippen LogP contribution in [0.3, 0.4) is 0 Å². The van der Waals surface area contributed by atoms with Crippen LogP contribution in [0.1, 0.15) is 16.1 Å². The molecular formula is C12H12N2O5S2. The van der Waals surface area contributed by atoms with Crippen LogP contribution in [0.2, 0.25) is 0 Å². The number of hydrogen-bond donors (Lipinski definition) is 3. The van der Waals surface area contributed by atoms with E-state index in [4.69, 9.17) is 10.2 Å². The Morgan fingerprint density at radius 3 is 2.57 bits per heavy atom. The van der Waals surface area contributed by atoms with Crippen molar-refractivity contribution in [3.8, 4) is 5.75 Å². The average Bonchev–Trinajstić information content (AvgIpc) is 2.91. The van der Waals surface area contributed by atoms with Crippen molar-refractivity contribution in [1.29, 1.82) is 0 Å². The predicted molar refractivity (Wildman–Crippen MR) is 76.1 cm³/mol. The van der Waals surface area contributed by atoms with Gasteiger partial charge in [0.15, 0.2) is 9.90 Å². The number of thiazole rings is 1. The van der Waals surface area contributed by atoms with Crippen molar-refractivity contribution >= 4 is 27.3 Å². The lowest BCUT2D eigenvalue weighted by Crippen LogP contribution is -2.26. The number of benzene rings is 1. The largest absolute Gasteiger partial charge is 0.508 e. The molecule has 0 unspecified atom stereocenters. The number of aromatic nitrogens is 1. The summed E-state index contributed by atoms with van der Waals surface area (Å²) in [6.07, 6.45) is 0.417. The van der Waals surface area contributed by atoms with Gasteiger partial charge in [-0.1, -0.05) is 12.1 Å². The molecule has 1 aromatic heterocycles. The quantitative estimate of drug-likeness (QED) is 0.730. The lowest BCUT2D eigenvalue weighted by molar-refractivity contribution is 0.0687. The lowest BCUT2D eigenvalue weighted by Gasteiger charge is -2.05. The number of aromatic hydroxyl groups is 1. The number of sulfonamides is 1. The van der Waals surface area contributed by atoms with E-state index in [0.29, 0.717) is 6.42 Å². The molecule has 0 spiro atoms. The molecule has 0 saturated carbocycles. The van der Waals surface area contributed by atoms with Crippen molar-refractivity contribution < 1.29 is 23.4 Å². The fourth-order valence-corrected chi connectivity index (χ4v) is 3.84. The second-order valence-corrected chi connectivity index (χ2v) is 6.92. The van der Waals surface area contributed by atoms with Crippen molar-refractivity contribution in [1.82, 2.24) is 9.71 Å². The fraction of sp³-hybridized carbons (Fsp3) is 0.167. The highest BCUT2D eigenvalue weighted by molar-refractivity contribution is 7.91. The number of hydrogen-bond acceptors (Lipinski definition) is 6. The number of carboxylic acid groups (broad SMARTS) is 1. The third-order valence-corrected chi connectivity index (χ3v) is 5.45. The molecule has 0 fully saturated rings. The van der Waals surface area contributed by atoms with Crippen LogP contribution in [0.15, 0.2) is 34.0 Å². The second-order valence-electron chi connectivity index (χ2n) is 4.11. The molecule has 1 heterocycles. The molecule has 0 saturated heterocycles. The van der Waals surface area contributed by atoms with E-state index in [-0.39, 0.29) is 16.5 Å². The normalized spacial score (nSPS) is 11.4. The van der Waals surface area contributed by atoms with Gasteiger partial charge in [-0.3, -0.25) is 0 Å². The Labute approximate surface area is 125 Å². The van der Waals surface area contributed by atoms with E-state index in [1.54, 1.807) is 12.1 Å². The Kier molecular flexibility index (Phi) is 4.56. The molecule has 0 aliphatic rings. The Morgan fingerprint density at radius 1 is 1.29 bits per heavy atom. The maximum Gasteiger partial charge on any atom is 0.356 e. The van der Waals surface area contributed by atoms with Crippen LogP contribution in [-0.2, 0) is 16.4 Å². The second kappa shape index (κ2) is 6.20. The molecule has 0 amide bonds. The van der Waals surface area contributed by atoms with Gasteiger partial charge in [-0.25, -0.2) is 22.9 Å². The summed E-state index contributed by atoms with van der Waals surface area (Å²) in [5.74, 6) is -1.25. The van der Waals surface area contributed by atoms with Crippen molar-refractivity contribution in [3.05, 3.63) is 41.0 Å². The summed E-state index contributed by atoms with van der Waals surface area (Å²) in [6, 6.07) is 6.38. The highest BCUT2D eigenvalue weighted by Gasteiger charge is 2.25. The van der Waals surface area contributed by atoms with Gasteiger partial charge in [0, 0.05) is 6.54 Å². The maximum absolute atomic E-state index is 12.0. The molecule has 0 aliphatic carbocycles. The number of aromatic carboxylic acids is 1. The molecule has 0 atom stereocenters. The third-order valence-electron chi connectivity index (χ3n) is 2.62. The van der Waals surface area contributed by atoms with Gasteiger partial charge in [0.1, 0.15) is 5.75 Å². The first-order valence-corrected chi connectivity index (χ1v) is 8.21. The van der Waals surface area contributed by atoms with Gasteiger partial charge in [0.2, 0.25) is 0 Å². The summed E-state index contributed by atoms with van der Waals surface area (Å²) in [6.45, 7) is 0.115. The summed E-state index contributed by atoms with van der Waals surface area (Å²) >= 11 is 0.758. The minimum absolute atomic E-state index is 0.115. The Hall–Kier alpha value is -1.97. The smallest absolute Gasteiger partial charge is 0.356 e. The summed E-state index contributed by atoms with van der Waals surface area (Å²) in [5.41, 5.74) is 1.55. The Morgan fingerprint density at radius 2 is 1.95 bits per heavy atom. The van der Waals surface area contributed by atoms with Crippen LogP contribution < -0.4 is 4.72 Å². The number of nitrogens with zero attached hydrogens (tertiary/aromatic N) is 1. The summed E-state index contributed by atoms with van der Waals surface area (Å²) in [7, 11) is -3.90. The maximum atomic E-state index is 12.0. The highest BCUT2D eigenvalue weighted by Crippen LogP contribution is 2.19. The zero-order valence-corrected chi connectivity index (χ0v) is 12.3. The first kappa shape index (κ1) is 15.4. The van der Waals surface area contributed by atoms with E-state index in [0.717, 1.165) is 16.9 Å². The summed E-state index contributed by atoms with van der Waals surface area (Å²) in [4.78, 5) is 14.4. The molecule has 3 N–H and O–H groups in total. The molecular weight excluding hydrogens is 316 g/mol. The molecule has 0 radical (unpaired) electrons. The van der Waals surface area contributed by atoms with Gasteiger partial charge in [-0.05, 0) is 24.1 Å². The zero-order valence-electron chi connectivity index (χ0n) is 10.7. The van der Waals surface area contributed by atoms with E-state index in [2.05, 4.69) is 9.71 Å².